The second-order valence-corrected chi connectivity index (χ2v) is 6.45. The van der Waals surface area contributed by atoms with E-state index in [0.29, 0.717) is 11.8 Å². The summed E-state index contributed by atoms with van der Waals surface area (Å²) in [4.78, 5) is 17.5. The normalized spacial score (nSPS) is 10.5. The maximum atomic E-state index is 12.9. The number of aromatic nitrogens is 2. The molecule has 1 heterocycles. The van der Waals surface area contributed by atoms with E-state index in [4.69, 9.17) is 27.9 Å². The Bertz CT molecular complexity index is 1020. The first kappa shape index (κ1) is 23.3. The highest BCUT2D eigenvalue weighted by atomic mass is 35.5. The molecule has 156 valence electrons. The van der Waals surface area contributed by atoms with E-state index in [9.17, 15) is 22.4 Å². The van der Waals surface area contributed by atoms with Crippen molar-refractivity contribution in [1.82, 2.24) is 9.97 Å². The van der Waals surface area contributed by atoms with Crippen molar-refractivity contribution in [2.75, 3.05) is 0 Å². The van der Waals surface area contributed by atoms with Crippen molar-refractivity contribution in [3.8, 4) is 23.0 Å². The summed E-state index contributed by atoms with van der Waals surface area (Å²) in [7, 11) is 0. The molecule has 0 saturated heterocycles. The molecule has 0 aliphatic heterocycles. The van der Waals surface area contributed by atoms with Crippen LogP contribution in [0.4, 0.5) is 17.6 Å². The van der Waals surface area contributed by atoms with Crippen LogP contribution in [-0.2, 0) is 11.0 Å². The van der Waals surface area contributed by atoms with Crippen LogP contribution in [0.15, 0.2) is 71.4 Å². The lowest BCUT2D eigenvalue weighted by atomic mass is 10.2. The van der Waals surface area contributed by atoms with Crippen LogP contribution in [0.1, 0.15) is 5.56 Å². The second-order valence-electron chi connectivity index (χ2n) is 5.45. The first-order valence-electron chi connectivity index (χ1n) is 8.09. The lowest BCUT2D eigenvalue weighted by Gasteiger charge is -2.10. The van der Waals surface area contributed by atoms with E-state index in [-0.39, 0.29) is 21.9 Å². The third-order valence-corrected chi connectivity index (χ3v) is 3.56. The molecule has 0 amide bonds. The van der Waals surface area contributed by atoms with Crippen LogP contribution in [0.5, 0.6) is 11.6 Å². The van der Waals surface area contributed by atoms with Crippen LogP contribution in [-0.4, -0.2) is 16.3 Å². The molecule has 0 N–H and O–H groups in total. The Kier molecular flexibility index (Phi) is 8.32. The molecule has 3 aromatic rings. The predicted octanol–water partition coefficient (Wildman–Crippen LogP) is 6.60. The highest BCUT2D eigenvalue weighted by molar-refractivity contribution is 6.56. The molecule has 0 radical (unpaired) electrons. The van der Waals surface area contributed by atoms with Gasteiger partial charge < -0.3 is 4.74 Å². The minimum absolute atomic E-state index is 0.00795. The average molecular weight is 459 g/mol. The first-order valence-corrected chi connectivity index (χ1v) is 8.85. The fraction of sp³-hybridized carbons (Fsp3) is 0.0500. The van der Waals surface area contributed by atoms with Gasteiger partial charge in [0.05, 0.1) is 5.56 Å². The summed E-state index contributed by atoms with van der Waals surface area (Å²) >= 11 is 9.95. The Morgan fingerprint density at radius 2 is 1.73 bits per heavy atom. The van der Waals surface area contributed by atoms with Crippen molar-refractivity contribution >= 4 is 29.5 Å². The molecule has 1 aromatic heterocycles. The lowest BCUT2D eigenvalue weighted by Crippen LogP contribution is -2.04. The van der Waals surface area contributed by atoms with Crippen molar-refractivity contribution in [3.63, 3.8) is 0 Å². The maximum absolute atomic E-state index is 12.9. The zero-order valence-corrected chi connectivity index (χ0v) is 16.4. The highest BCUT2D eigenvalue weighted by Crippen LogP contribution is 2.32. The van der Waals surface area contributed by atoms with Gasteiger partial charge in [0.15, 0.2) is 5.82 Å². The number of hydrogen-bond acceptors (Lipinski definition) is 4. The summed E-state index contributed by atoms with van der Waals surface area (Å²) in [6.45, 7) is 0. The van der Waals surface area contributed by atoms with Gasteiger partial charge in [-0.2, -0.15) is 18.2 Å². The third-order valence-electron chi connectivity index (χ3n) is 3.31. The van der Waals surface area contributed by atoms with E-state index in [0.717, 1.165) is 18.2 Å². The number of ether oxygens (including phenoxy) is 1. The maximum Gasteiger partial charge on any atom is 0.416 e. The van der Waals surface area contributed by atoms with Gasteiger partial charge in [-0.1, -0.05) is 29.3 Å². The van der Waals surface area contributed by atoms with E-state index in [1.165, 1.54) is 48.7 Å². The predicted molar refractivity (Wildman–Crippen MR) is 105 cm³/mol. The van der Waals surface area contributed by atoms with Gasteiger partial charge in [0.2, 0.25) is 5.88 Å². The van der Waals surface area contributed by atoms with Crippen molar-refractivity contribution in [1.29, 1.82) is 0 Å². The largest absolute Gasteiger partial charge is 0.439 e. The Balaban J connectivity index is 0.000000469. The summed E-state index contributed by atoms with van der Waals surface area (Å²) in [5.41, 5.74) is -0.251. The monoisotopic (exact) mass is 458 g/mol. The minimum atomic E-state index is -4.45. The summed E-state index contributed by atoms with van der Waals surface area (Å²) in [5.74, 6) is -0.0215. The van der Waals surface area contributed by atoms with Crippen molar-refractivity contribution in [2.45, 2.75) is 6.18 Å². The molecule has 0 fully saturated rings. The quantitative estimate of drug-likeness (QED) is 0.251. The van der Waals surface area contributed by atoms with Crippen LogP contribution in [0.25, 0.3) is 11.4 Å². The number of halogens is 6. The van der Waals surface area contributed by atoms with Crippen LogP contribution in [0.2, 0.25) is 0 Å². The molecular formula is C20H12Cl2F4N2O2. The van der Waals surface area contributed by atoms with Crippen LogP contribution >= 0.6 is 23.2 Å². The zero-order chi connectivity index (χ0) is 22.1. The fourth-order valence-electron chi connectivity index (χ4n) is 2.05. The number of carbonyl (C=O) groups excluding carboxylic acids is 1. The Hall–Kier alpha value is -2.97. The number of hydrogen-bond donors (Lipinski definition) is 0. The van der Waals surface area contributed by atoms with Gasteiger partial charge in [-0.05, 0) is 42.5 Å². The molecule has 3 rings (SSSR count). The zero-order valence-electron chi connectivity index (χ0n) is 14.9. The molecule has 2 aromatic carbocycles. The van der Waals surface area contributed by atoms with Gasteiger partial charge in [0.1, 0.15) is 22.3 Å². The number of carbonyl (C=O) groups is 1. The molecule has 0 atom stereocenters. The number of rotatable bonds is 4. The first-order chi connectivity index (χ1) is 14.2. The van der Waals surface area contributed by atoms with Gasteiger partial charge in [0, 0.05) is 23.9 Å². The molecule has 0 unspecified atom stereocenters. The summed E-state index contributed by atoms with van der Waals surface area (Å²) in [5, 5.41) is 0. The van der Waals surface area contributed by atoms with E-state index in [1.54, 1.807) is 0 Å². The van der Waals surface area contributed by atoms with Gasteiger partial charge in [0.25, 0.3) is 0 Å². The molecule has 4 nitrogen and oxygen atoms in total. The topological polar surface area (TPSA) is 52.1 Å². The Morgan fingerprint density at radius 1 is 1.03 bits per heavy atom. The van der Waals surface area contributed by atoms with Gasteiger partial charge in [-0.25, -0.2) is 9.37 Å². The molecule has 0 aliphatic carbocycles. The number of benzene rings is 2. The van der Waals surface area contributed by atoms with E-state index >= 15 is 0 Å². The highest BCUT2D eigenvalue weighted by Gasteiger charge is 2.30. The summed E-state index contributed by atoms with van der Waals surface area (Å²) in [6, 6.07) is 11.4. The Labute approximate surface area is 178 Å². The SMILES string of the molecule is Fc1ccc(-c2nccc(Oc3cccc(C(F)(F)F)c3)n2)cc1.O=CC=C(Cl)Cl. The Morgan fingerprint density at radius 3 is 2.30 bits per heavy atom. The van der Waals surface area contributed by atoms with E-state index in [1.807, 2.05) is 0 Å². The minimum Gasteiger partial charge on any atom is -0.439 e. The number of allylic oxidation sites excluding steroid dienone is 1. The molecular weight excluding hydrogens is 447 g/mol. The average Bonchev–Trinajstić information content (AvgIpc) is 2.69. The van der Waals surface area contributed by atoms with Gasteiger partial charge in [-0.15, -0.1) is 0 Å². The summed E-state index contributed by atoms with van der Waals surface area (Å²) < 4.78 is 56.5. The lowest BCUT2D eigenvalue weighted by molar-refractivity contribution is -0.137. The van der Waals surface area contributed by atoms with Crippen molar-refractivity contribution < 1.29 is 27.1 Å². The van der Waals surface area contributed by atoms with Gasteiger partial charge >= 0.3 is 6.18 Å². The molecule has 0 bridgehead atoms. The van der Waals surface area contributed by atoms with Gasteiger partial charge in [-0.3, -0.25) is 4.79 Å². The van der Waals surface area contributed by atoms with Crippen LogP contribution in [0.3, 0.4) is 0 Å². The van der Waals surface area contributed by atoms with Crippen LogP contribution in [0, 0.1) is 5.82 Å². The van der Waals surface area contributed by atoms with Crippen molar-refractivity contribution in [2.24, 2.45) is 0 Å². The molecule has 0 aliphatic rings. The summed E-state index contributed by atoms with van der Waals surface area (Å²) in [6.07, 6.45) is -1.46. The smallest absolute Gasteiger partial charge is 0.416 e. The van der Waals surface area contributed by atoms with E-state index in [2.05, 4.69) is 9.97 Å². The second kappa shape index (κ2) is 10.7. The number of nitrogens with zero attached hydrogens (tertiary/aromatic N) is 2. The fourth-order valence-corrected chi connectivity index (χ4v) is 2.15. The molecule has 10 heteroatoms. The standard InChI is InChI=1S/C17H10F4N2O.C3H2Cl2O/c18-13-6-4-11(5-7-13)16-22-9-8-15(23-16)24-14-3-1-2-12(10-14)17(19,20)21;4-3(5)1-2-6/h1-10H;1-2H. The third kappa shape index (κ3) is 7.46. The number of aldehydes is 1. The van der Waals surface area contributed by atoms with Crippen molar-refractivity contribution in [3.05, 3.63) is 82.7 Å². The molecule has 0 saturated carbocycles. The number of alkyl halides is 3. The molecule has 0 spiro atoms. The molecule has 30 heavy (non-hydrogen) atoms. The van der Waals surface area contributed by atoms with E-state index < -0.39 is 17.6 Å². The van der Waals surface area contributed by atoms with Crippen LogP contribution < -0.4 is 4.74 Å².